The van der Waals surface area contributed by atoms with E-state index in [1.807, 2.05) is 0 Å². The Morgan fingerprint density at radius 1 is 1.29 bits per heavy atom. The number of benzene rings is 1. The molecule has 1 aliphatic rings. The second-order valence-electron chi connectivity index (χ2n) is 4.47. The summed E-state index contributed by atoms with van der Waals surface area (Å²) < 4.78 is 31.3. The molecule has 0 amide bonds. The van der Waals surface area contributed by atoms with Crippen molar-refractivity contribution in [2.24, 2.45) is 5.92 Å². The first kappa shape index (κ1) is 12.3. The lowest BCUT2D eigenvalue weighted by atomic mass is 10.0. The molecule has 0 spiro atoms. The van der Waals surface area contributed by atoms with E-state index in [0.29, 0.717) is 13.0 Å². The third-order valence-corrected chi connectivity index (χ3v) is 3.26. The lowest BCUT2D eigenvalue weighted by molar-refractivity contribution is 0.116. The minimum Gasteiger partial charge on any atom is -0.490 e. The Morgan fingerprint density at radius 2 is 2.12 bits per heavy atom. The zero-order valence-corrected chi connectivity index (χ0v) is 9.53. The Labute approximate surface area is 99.2 Å². The number of rotatable bonds is 4. The van der Waals surface area contributed by atoms with E-state index < -0.39 is 11.6 Å². The maximum absolute atomic E-state index is 13.2. The fraction of sp³-hybridized carbons (Fsp3) is 0.538. The molecular formula is C13H16F2O2. The van der Waals surface area contributed by atoms with Crippen molar-refractivity contribution in [3.63, 3.8) is 0 Å². The van der Waals surface area contributed by atoms with E-state index in [9.17, 15) is 13.9 Å². The summed E-state index contributed by atoms with van der Waals surface area (Å²) in [5.74, 6) is -0.898. The topological polar surface area (TPSA) is 29.5 Å². The summed E-state index contributed by atoms with van der Waals surface area (Å²) >= 11 is 0. The van der Waals surface area contributed by atoms with Crippen LogP contribution < -0.4 is 4.74 Å². The van der Waals surface area contributed by atoms with Crippen LogP contribution in [0.2, 0.25) is 0 Å². The highest BCUT2D eigenvalue weighted by molar-refractivity contribution is 5.24. The van der Waals surface area contributed by atoms with Crippen LogP contribution in [0.15, 0.2) is 18.2 Å². The largest absolute Gasteiger partial charge is 0.490 e. The second-order valence-corrected chi connectivity index (χ2v) is 4.47. The molecule has 0 aromatic heterocycles. The maximum Gasteiger partial charge on any atom is 0.165 e. The average molecular weight is 242 g/mol. The van der Waals surface area contributed by atoms with Gasteiger partial charge in [0, 0.05) is 6.07 Å². The number of aliphatic hydroxyl groups excluding tert-OH is 1. The molecule has 0 aliphatic heterocycles. The first-order chi connectivity index (χ1) is 8.16. The van der Waals surface area contributed by atoms with Gasteiger partial charge in [-0.15, -0.1) is 0 Å². The van der Waals surface area contributed by atoms with E-state index in [1.54, 1.807) is 0 Å². The molecule has 2 rings (SSSR count). The molecule has 1 saturated carbocycles. The molecule has 0 heterocycles. The summed E-state index contributed by atoms with van der Waals surface area (Å²) in [6.07, 6.45) is 3.25. The number of halogens is 2. The molecule has 94 valence electrons. The van der Waals surface area contributed by atoms with Crippen molar-refractivity contribution in [3.8, 4) is 5.75 Å². The highest BCUT2D eigenvalue weighted by Crippen LogP contribution is 2.28. The van der Waals surface area contributed by atoms with Gasteiger partial charge in [-0.1, -0.05) is 6.42 Å². The number of hydrogen-bond donors (Lipinski definition) is 1. The van der Waals surface area contributed by atoms with Gasteiger partial charge < -0.3 is 9.84 Å². The predicted molar refractivity (Wildman–Crippen MR) is 59.8 cm³/mol. The van der Waals surface area contributed by atoms with Gasteiger partial charge in [0.15, 0.2) is 11.6 Å². The van der Waals surface area contributed by atoms with Gasteiger partial charge in [-0.3, -0.25) is 0 Å². The Balaban J connectivity index is 1.83. The van der Waals surface area contributed by atoms with Gasteiger partial charge in [-0.25, -0.2) is 8.78 Å². The van der Waals surface area contributed by atoms with Crippen molar-refractivity contribution in [3.05, 3.63) is 29.8 Å². The summed E-state index contributed by atoms with van der Waals surface area (Å²) in [6, 6.07) is 3.15. The molecule has 1 aromatic rings. The van der Waals surface area contributed by atoms with Crippen molar-refractivity contribution >= 4 is 0 Å². The molecule has 0 radical (unpaired) electrons. The van der Waals surface area contributed by atoms with Crippen LogP contribution in [0.4, 0.5) is 8.78 Å². The zero-order chi connectivity index (χ0) is 12.3. The molecule has 2 atom stereocenters. The number of hydrogen-bond acceptors (Lipinski definition) is 2. The van der Waals surface area contributed by atoms with Crippen molar-refractivity contribution in [2.75, 3.05) is 6.61 Å². The molecule has 1 aromatic carbocycles. The minimum atomic E-state index is -0.557. The van der Waals surface area contributed by atoms with Crippen LogP contribution in [-0.2, 0) is 0 Å². The maximum atomic E-state index is 13.2. The third-order valence-electron chi connectivity index (χ3n) is 3.26. The van der Waals surface area contributed by atoms with Crippen LogP contribution >= 0.6 is 0 Å². The Hall–Kier alpha value is -1.16. The van der Waals surface area contributed by atoms with Crippen LogP contribution in [0.5, 0.6) is 5.75 Å². The van der Waals surface area contributed by atoms with Crippen LogP contribution in [0.3, 0.4) is 0 Å². The van der Waals surface area contributed by atoms with Crippen molar-refractivity contribution in [1.29, 1.82) is 0 Å². The van der Waals surface area contributed by atoms with Crippen LogP contribution in [0.1, 0.15) is 25.7 Å². The van der Waals surface area contributed by atoms with Gasteiger partial charge in [-0.2, -0.15) is 0 Å². The molecule has 4 heteroatoms. The van der Waals surface area contributed by atoms with Crippen LogP contribution in [0.25, 0.3) is 0 Å². The van der Waals surface area contributed by atoms with Crippen molar-refractivity contribution in [2.45, 2.75) is 31.8 Å². The minimum absolute atomic E-state index is 0.0579. The first-order valence-electron chi connectivity index (χ1n) is 5.93. The number of ether oxygens (including phenoxy) is 1. The summed E-state index contributed by atoms with van der Waals surface area (Å²) in [6.45, 7) is 0.308. The molecule has 2 unspecified atom stereocenters. The zero-order valence-electron chi connectivity index (χ0n) is 9.53. The molecule has 1 N–H and O–H groups in total. The lowest BCUT2D eigenvalue weighted by Gasteiger charge is -2.14. The highest BCUT2D eigenvalue weighted by atomic mass is 19.1. The fourth-order valence-electron chi connectivity index (χ4n) is 2.26. The number of aliphatic hydroxyl groups is 1. The third kappa shape index (κ3) is 3.16. The molecular weight excluding hydrogens is 226 g/mol. The van der Waals surface area contributed by atoms with E-state index in [1.165, 1.54) is 0 Å². The van der Waals surface area contributed by atoms with E-state index in [0.717, 1.165) is 37.5 Å². The summed E-state index contributed by atoms with van der Waals surface area (Å²) in [4.78, 5) is 0. The molecule has 1 fully saturated rings. The van der Waals surface area contributed by atoms with Gasteiger partial charge in [0.1, 0.15) is 5.82 Å². The summed E-state index contributed by atoms with van der Waals surface area (Å²) in [7, 11) is 0. The average Bonchev–Trinajstić information content (AvgIpc) is 2.70. The van der Waals surface area contributed by atoms with Crippen molar-refractivity contribution < 1.29 is 18.6 Å². The van der Waals surface area contributed by atoms with Gasteiger partial charge >= 0.3 is 0 Å². The lowest BCUT2D eigenvalue weighted by Crippen LogP contribution is -2.16. The fourth-order valence-corrected chi connectivity index (χ4v) is 2.26. The van der Waals surface area contributed by atoms with Crippen LogP contribution in [-0.4, -0.2) is 17.8 Å². The molecule has 0 bridgehead atoms. The smallest absolute Gasteiger partial charge is 0.165 e. The highest BCUT2D eigenvalue weighted by Gasteiger charge is 2.24. The normalized spacial score (nSPS) is 23.9. The monoisotopic (exact) mass is 242 g/mol. The predicted octanol–water partition coefficient (Wildman–Crippen LogP) is 2.89. The van der Waals surface area contributed by atoms with E-state index in [-0.39, 0.29) is 17.8 Å². The summed E-state index contributed by atoms with van der Waals surface area (Å²) in [5.41, 5.74) is 0. The molecule has 0 saturated heterocycles. The second kappa shape index (κ2) is 5.45. The quantitative estimate of drug-likeness (QED) is 0.879. The Morgan fingerprint density at radius 3 is 2.82 bits per heavy atom. The Kier molecular flexibility index (Phi) is 3.94. The van der Waals surface area contributed by atoms with Crippen LogP contribution in [0, 0.1) is 17.6 Å². The van der Waals surface area contributed by atoms with Gasteiger partial charge in [-0.05, 0) is 37.3 Å². The van der Waals surface area contributed by atoms with E-state index in [2.05, 4.69) is 0 Å². The SMILES string of the molecule is OC1CCCC1CCOc1cc(F)ccc1F. The van der Waals surface area contributed by atoms with E-state index >= 15 is 0 Å². The van der Waals surface area contributed by atoms with Gasteiger partial charge in [0.05, 0.1) is 12.7 Å². The van der Waals surface area contributed by atoms with Gasteiger partial charge in [0.25, 0.3) is 0 Å². The van der Waals surface area contributed by atoms with Crippen molar-refractivity contribution in [1.82, 2.24) is 0 Å². The van der Waals surface area contributed by atoms with Gasteiger partial charge in [0.2, 0.25) is 0 Å². The first-order valence-corrected chi connectivity index (χ1v) is 5.93. The molecule has 1 aliphatic carbocycles. The van der Waals surface area contributed by atoms with E-state index in [4.69, 9.17) is 4.74 Å². The molecule has 17 heavy (non-hydrogen) atoms. The molecule has 2 nitrogen and oxygen atoms in total. The summed E-state index contributed by atoms with van der Waals surface area (Å²) in [5, 5.41) is 9.60. The standard InChI is InChI=1S/C13H16F2O2/c14-10-4-5-11(15)13(8-10)17-7-6-9-2-1-3-12(9)16/h4-5,8-9,12,16H,1-3,6-7H2. The Bertz CT molecular complexity index is 382.